The van der Waals surface area contributed by atoms with E-state index in [-0.39, 0.29) is 0 Å². The number of hydrogen-bond donors (Lipinski definition) is 1. The lowest BCUT2D eigenvalue weighted by Crippen LogP contribution is -2.33. The third-order valence-corrected chi connectivity index (χ3v) is 4.84. The number of hydrogen-bond acceptors (Lipinski definition) is 1. The number of aliphatic hydroxyl groups excluding tert-OH is 1. The first-order chi connectivity index (χ1) is 7.70. The second-order valence-corrected chi connectivity index (χ2v) is 6.06. The van der Waals surface area contributed by atoms with Gasteiger partial charge in [0.25, 0.3) is 0 Å². The maximum absolute atomic E-state index is 14.0. The zero-order chi connectivity index (χ0) is 11.5. The van der Waals surface area contributed by atoms with Crippen molar-refractivity contribution in [2.75, 3.05) is 6.61 Å². The van der Waals surface area contributed by atoms with Gasteiger partial charge in [0.15, 0.2) is 0 Å². The van der Waals surface area contributed by atoms with Crippen LogP contribution in [0.15, 0.2) is 0 Å². The smallest absolute Gasteiger partial charge is 0.103 e. The molecule has 1 nitrogen and oxygen atoms in total. The Morgan fingerprint density at radius 1 is 1.06 bits per heavy atom. The molecule has 0 saturated heterocycles. The minimum atomic E-state index is -0.556. The van der Waals surface area contributed by atoms with Crippen LogP contribution in [-0.4, -0.2) is 17.9 Å². The van der Waals surface area contributed by atoms with Crippen molar-refractivity contribution < 1.29 is 9.50 Å². The molecule has 2 aliphatic carbocycles. The molecular formula is C14H25FO. The van der Waals surface area contributed by atoms with Gasteiger partial charge in [-0.1, -0.05) is 13.3 Å². The highest BCUT2D eigenvalue weighted by atomic mass is 19.1. The molecule has 0 bridgehead atoms. The molecule has 0 radical (unpaired) electrons. The average Bonchev–Trinajstić information content (AvgIpc) is 2.29. The van der Waals surface area contributed by atoms with Crippen molar-refractivity contribution in [1.82, 2.24) is 0 Å². The molecule has 3 unspecified atom stereocenters. The van der Waals surface area contributed by atoms with Crippen LogP contribution in [0.5, 0.6) is 0 Å². The number of alkyl halides is 1. The average molecular weight is 228 g/mol. The molecule has 0 heterocycles. The highest BCUT2D eigenvalue weighted by Crippen LogP contribution is 2.42. The molecule has 2 heteroatoms. The zero-order valence-corrected chi connectivity index (χ0v) is 10.4. The van der Waals surface area contributed by atoms with Crippen molar-refractivity contribution in [3.8, 4) is 0 Å². The number of rotatable bonds is 2. The summed E-state index contributed by atoms with van der Waals surface area (Å²) in [7, 11) is 0. The fraction of sp³-hybridized carbons (Fsp3) is 1.00. The normalized spacial score (nSPS) is 45.6. The van der Waals surface area contributed by atoms with Crippen molar-refractivity contribution in [2.24, 2.45) is 23.7 Å². The van der Waals surface area contributed by atoms with Gasteiger partial charge in [-0.2, -0.15) is 0 Å². The lowest BCUT2D eigenvalue weighted by Gasteiger charge is -2.38. The molecule has 0 amide bonds. The summed E-state index contributed by atoms with van der Waals surface area (Å²) < 4.78 is 14.0. The summed E-state index contributed by atoms with van der Waals surface area (Å²) in [6, 6.07) is 0. The lowest BCUT2D eigenvalue weighted by molar-refractivity contribution is 0.0552. The SMILES string of the molecule is CC1CCC(C2CCC(CO)CC2)C(F)C1. The topological polar surface area (TPSA) is 20.2 Å². The molecular weight excluding hydrogens is 203 g/mol. The van der Waals surface area contributed by atoms with E-state index in [1.165, 1.54) is 6.42 Å². The van der Waals surface area contributed by atoms with Gasteiger partial charge in [0, 0.05) is 6.61 Å². The Kier molecular flexibility index (Phi) is 4.23. The fourth-order valence-electron chi connectivity index (χ4n) is 3.66. The predicted molar refractivity (Wildman–Crippen MR) is 63.9 cm³/mol. The van der Waals surface area contributed by atoms with Crippen LogP contribution in [0.1, 0.15) is 51.9 Å². The Morgan fingerprint density at radius 2 is 1.75 bits per heavy atom. The van der Waals surface area contributed by atoms with Crippen molar-refractivity contribution in [2.45, 2.75) is 58.0 Å². The highest BCUT2D eigenvalue weighted by Gasteiger charge is 2.35. The third kappa shape index (κ3) is 2.77. The summed E-state index contributed by atoms with van der Waals surface area (Å²) >= 11 is 0. The molecule has 2 fully saturated rings. The molecule has 3 atom stereocenters. The van der Waals surface area contributed by atoms with Gasteiger partial charge in [-0.25, -0.2) is 4.39 Å². The van der Waals surface area contributed by atoms with Gasteiger partial charge in [-0.05, 0) is 62.2 Å². The zero-order valence-electron chi connectivity index (χ0n) is 10.4. The largest absolute Gasteiger partial charge is 0.396 e. The maximum atomic E-state index is 14.0. The summed E-state index contributed by atoms with van der Waals surface area (Å²) in [5.74, 6) is 2.01. The van der Waals surface area contributed by atoms with Crippen LogP contribution in [0.3, 0.4) is 0 Å². The van der Waals surface area contributed by atoms with Crippen LogP contribution in [0.2, 0.25) is 0 Å². The van der Waals surface area contributed by atoms with Gasteiger partial charge in [0.1, 0.15) is 6.17 Å². The Bertz CT molecular complexity index is 211. The summed E-state index contributed by atoms with van der Waals surface area (Å²) in [5.41, 5.74) is 0. The first-order valence-corrected chi connectivity index (χ1v) is 6.95. The summed E-state index contributed by atoms with van der Waals surface area (Å²) in [4.78, 5) is 0. The van der Waals surface area contributed by atoms with Gasteiger partial charge >= 0.3 is 0 Å². The number of aliphatic hydroxyl groups is 1. The standard InChI is InChI=1S/C14H25FO/c1-10-2-7-13(14(15)8-10)12-5-3-11(9-16)4-6-12/h10-14,16H,2-9H2,1H3. The van der Waals surface area contributed by atoms with E-state index in [9.17, 15) is 4.39 Å². The molecule has 16 heavy (non-hydrogen) atoms. The third-order valence-electron chi connectivity index (χ3n) is 4.84. The van der Waals surface area contributed by atoms with Crippen molar-refractivity contribution in [1.29, 1.82) is 0 Å². The van der Waals surface area contributed by atoms with Crippen LogP contribution in [0.4, 0.5) is 4.39 Å². The van der Waals surface area contributed by atoms with E-state index in [0.717, 1.165) is 38.5 Å². The van der Waals surface area contributed by atoms with Gasteiger partial charge in [-0.3, -0.25) is 0 Å². The Balaban J connectivity index is 1.84. The first kappa shape index (κ1) is 12.3. The van der Waals surface area contributed by atoms with Gasteiger partial charge in [-0.15, -0.1) is 0 Å². The first-order valence-electron chi connectivity index (χ1n) is 6.95. The van der Waals surface area contributed by atoms with E-state index in [1.54, 1.807) is 0 Å². The monoisotopic (exact) mass is 228 g/mol. The minimum Gasteiger partial charge on any atom is -0.396 e. The second kappa shape index (κ2) is 5.48. The predicted octanol–water partition coefficient (Wildman–Crippen LogP) is 3.56. The Morgan fingerprint density at radius 3 is 2.31 bits per heavy atom. The molecule has 94 valence electrons. The van der Waals surface area contributed by atoms with E-state index in [1.807, 2.05) is 0 Å². The molecule has 0 aromatic heterocycles. The molecule has 1 N–H and O–H groups in total. The maximum Gasteiger partial charge on any atom is 0.103 e. The van der Waals surface area contributed by atoms with Gasteiger partial charge in [0.05, 0.1) is 0 Å². The molecule has 0 aromatic rings. The van der Waals surface area contributed by atoms with Gasteiger partial charge < -0.3 is 5.11 Å². The van der Waals surface area contributed by atoms with E-state index < -0.39 is 6.17 Å². The molecule has 2 saturated carbocycles. The van der Waals surface area contributed by atoms with Crippen LogP contribution < -0.4 is 0 Å². The molecule has 2 aliphatic rings. The number of halogens is 1. The molecule has 0 spiro atoms. The van der Waals surface area contributed by atoms with E-state index in [0.29, 0.717) is 30.3 Å². The quantitative estimate of drug-likeness (QED) is 0.766. The summed E-state index contributed by atoms with van der Waals surface area (Å²) in [5, 5.41) is 9.10. The van der Waals surface area contributed by atoms with E-state index >= 15 is 0 Å². The van der Waals surface area contributed by atoms with E-state index in [2.05, 4.69) is 6.92 Å². The molecule has 0 aliphatic heterocycles. The highest BCUT2D eigenvalue weighted by molar-refractivity contribution is 4.86. The summed E-state index contributed by atoms with van der Waals surface area (Å²) in [6.45, 7) is 2.50. The van der Waals surface area contributed by atoms with Gasteiger partial charge in [0.2, 0.25) is 0 Å². The van der Waals surface area contributed by atoms with Crippen LogP contribution >= 0.6 is 0 Å². The van der Waals surface area contributed by atoms with Crippen LogP contribution in [0, 0.1) is 23.7 Å². The molecule has 2 rings (SSSR count). The minimum absolute atomic E-state index is 0.327. The summed E-state index contributed by atoms with van der Waals surface area (Å²) in [6.07, 6.45) is 7.04. The van der Waals surface area contributed by atoms with E-state index in [4.69, 9.17) is 5.11 Å². The van der Waals surface area contributed by atoms with Crippen molar-refractivity contribution in [3.63, 3.8) is 0 Å². The lowest BCUT2D eigenvalue weighted by atomic mass is 9.69. The van der Waals surface area contributed by atoms with Crippen molar-refractivity contribution in [3.05, 3.63) is 0 Å². The molecule has 0 aromatic carbocycles. The Labute approximate surface area is 98.4 Å². The Hall–Kier alpha value is -0.110. The van der Waals surface area contributed by atoms with Crippen molar-refractivity contribution >= 4 is 0 Å². The fourth-order valence-corrected chi connectivity index (χ4v) is 3.66. The second-order valence-electron chi connectivity index (χ2n) is 6.06. The van der Waals surface area contributed by atoms with Crippen LogP contribution in [-0.2, 0) is 0 Å². The van der Waals surface area contributed by atoms with Crippen LogP contribution in [0.25, 0.3) is 0 Å².